The fraction of sp³-hybridized carbons (Fsp3) is 0.250. The summed E-state index contributed by atoms with van der Waals surface area (Å²) in [6.45, 7) is 0.968. The summed E-state index contributed by atoms with van der Waals surface area (Å²) < 4.78 is 4.95. The van der Waals surface area contributed by atoms with E-state index in [1.54, 1.807) is 12.5 Å². The van der Waals surface area contributed by atoms with Crippen molar-refractivity contribution in [2.75, 3.05) is 6.54 Å². The zero-order chi connectivity index (χ0) is 6.81. The third kappa shape index (κ3) is 0.866. The first-order valence-corrected chi connectivity index (χ1v) is 3.39. The van der Waals surface area contributed by atoms with Crippen LogP contribution in [0.5, 0.6) is 0 Å². The maximum Gasteiger partial charge on any atom is 0.0953 e. The van der Waals surface area contributed by atoms with Gasteiger partial charge in [-0.3, -0.25) is 0 Å². The number of hydrogen-bond acceptors (Lipinski definition) is 2. The first-order valence-electron chi connectivity index (χ1n) is 3.39. The molecule has 0 aliphatic carbocycles. The van der Waals surface area contributed by atoms with Crippen LogP contribution in [0.2, 0.25) is 0 Å². The van der Waals surface area contributed by atoms with E-state index in [4.69, 9.17) is 4.42 Å². The van der Waals surface area contributed by atoms with Gasteiger partial charge in [0.1, 0.15) is 0 Å². The molecule has 0 radical (unpaired) electrons. The smallest absolute Gasteiger partial charge is 0.0953 e. The minimum Gasteiger partial charge on any atom is -0.472 e. The fourth-order valence-electron chi connectivity index (χ4n) is 1.15. The van der Waals surface area contributed by atoms with Gasteiger partial charge in [0.05, 0.1) is 18.6 Å². The van der Waals surface area contributed by atoms with Crippen molar-refractivity contribution in [1.29, 1.82) is 0 Å². The van der Waals surface area contributed by atoms with Crippen LogP contribution in [-0.2, 0) is 0 Å². The molecular weight excluding hydrogens is 126 g/mol. The van der Waals surface area contributed by atoms with Crippen LogP contribution in [0.15, 0.2) is 35.2 Å². The Kier molecular flexibility index (Phi) is 1.32. The summed E-state index contributed by atoms with van der Waals surface area (Å²) in [4.78, 5) is 0. The molecule has 2 nitrogen and oxygen atoms in total. The van der Waals surface area contributed by atoms with E-state index in [0.29, 0.717) is 6.04 Å². The molecule has 10 heavy (non-hydrogen) atoms. The van der Waals surface area contributed by atoms with Crippen molar-refractivity contribution in [1.82, 2.24) is 5.32 Å². The highest BCUT2D eigenvalue weighted by Crippen LogP contribution is 2.16. The van der Waals surface area contributed by atoms with Gasteiger partial charge in [-0.2, -0.15) is 0 Å². The van der Waals surface area contributed by atoms with Gasteiger partial charge >= 0.3 is 0 Å². The van der Waals surface area contributed by atoms with Gasteiger partial charge in [0.2, 0.25) is 0 Å². The molecule has 1 aromatic rings. The molecule has 1 aliphatic rings. The predicted octanol–water partition coefficient (Wildman–Crippen LogP) is 1.48. The number of rotatable bonds is 1. The SMILES string of the molecule is C1=CC(c2ccoc2)NC1. The van der Waals surface area contributed by atoms with Crippen LogP contribution in [0.1, 0.15) is 11.6 Å². The molecule has 0 saturated carbocycles. The molecular formula is C8H9NO. The average Bonchev–Trinajstić information content (AvgIpc) is 2.59. The Morgan fingerprint density at radius 3 is 3.20 bits per heavy atom. The van der Waals surface area contributed by atoms with E-state index in [2.05, 4.69) is 17.5 Å². The number of furan rings is 1. The first-order chi connectivity index (χ1) is 4.97. The first kappa shape index (κ1) is 5.74. The van der Waals surface area contributed by atoms with Gasteiger partial charge < -0.3 is 9.73 Å². The van der Waals surface area contributed by atoms with Crippen molar-refractivity contribution in [2.24, 2.45) is 0 Å². The summed E-state index contributed by atoms with van der Waals surface area (Å²) in [7, 11) is 0. The third-order valence-electron chi connectivity index (χ3n) is 1.69. The van der Waals surface area contributed by atoms with E-state index in [0.717, 1.165) is 6.54 Å². The third-order valence-corrected chi connectivity index (χ3v) is 1.69. The number of nitrogens with one attached hydrogen (secondary N) is 1. The minimum atomic E-state index is 0.374. The lowest BCUT2D eigenvalue weighted by Crippen LogP contribution is -2.12. The predicted molar refractivity (Wildman–Crippen MR) is 38.6 cm³/mol. The topological polar surface area (TPSA) is 25.2 Å². The molecule has 52 valence electrons. The highest BCUT2D eigenvalue weighted by atomic mass is 16.3. The zero-order valence-corrected chi connectivity index (χ0v) is 5.58. The van der Waals surface area contributed by atoms with E-state index in [-0.39, 0.29) is 0 Å². The molecule has 0 fully saturated rings. The van der Waals surface area contributed by atoms with Crippen LogP contribution >= 0.6 is 0 Å². The van der Waals surface area contributed by atoms with Crippen LogP contribution in [0.4, 0.5) is 0 Å². The van der Waals surface area contributed by atoms with Crippen molar-refractivity contribution in [3.8, 4) is 0 Å². The van der Waals surface area contributed by atoms with Crippen LogP contribution in [0, 0.1) is 0 Å². The Hall–Kier alpha value is -1.02. The Bertz CT molecular complexity index is 225. The van der Waals surface area contributed by atoms with Crippen LogP contribution in [0.25, 0.3) is 0 Å². The van der Waals surface area contributed by atoms with Crippen molar-refractivity contribution in [3.63, 3.8) is 0 Å². The molecule has 1 aliphatic heterocycles. The van der Waals surface area contributed by atoms with Gasteiger partial charge in [0.25, 0.3) is 0 Å². The lowest BCUT2D eigenvalue weighted by Gasteiger charge is -2.03. The van der Waals surface area contributed by atoms with Crippen molar-refractivity contribution in [2.45, 2.75) is 6.04 Å². The largest absolute Gasteiger partial charge is 0.472 e. The molecule has 0 bridgehead atoms. The summed E-state index contributed by atoms with van der Waals surface area (Å²) >= 11 is 0. The highest BCUT2D eigenvalue weighted by molar-refractivity contribution is 5.20. The van der Waals surface area contributed by atoms with Gasteiger partial charge in [-0.1, -0.05) is 12.2 Å². The second kappa shape index (κ2) is 2.31. The van der Waals surface area contributed by atoms with E-state index in [9.17, 15) is 0 Å². The summed E-state index contributed by atoms with van der Waals surface area (Å²) in [5, 5.41) is 3.29. The standard InChI is InChI=1S/C8H9NO/c1-2-8(9-4-1)7-3-5-10-6-7/h1-3,5-6,8-9H,4H2. The van der Waals surface area contributed by atoms with Crippen LogP contribution in [0.3, 0.4) is 0 Å². The van der Waals surface area contributed by atoms with Gasteiger partial charge in [0, 0.05) is 12.1 Å². The Morgan fingerprint density at radius 2 is 2.60 bits per heavy atom. The molecule has 0 aromatic carbocycles. The highest BCUT2D eigenvalue weighted by Gasteiger charge is 2.10. The van der Waals surface area contributed by atoms with Crippen molar-refractivity contribution >= 4 is 0 Å². The average molecular weight is 135 g/mol. The normalized spacial score (nSPS) is 23.8. The molecule has 1 N–H and O–H groups in total. The monoisotopic (exact) mass is 135 g/mol. The van der Waals surface area contributed by atoms with Gasteiger partial charge in [-0.15, -0.1) is 0 Å². The molecule has 1 atom stereocenters. The molecule has 1 aromatic heterocycles. The molecule has 2 heterocycles. The van der Waals surface area contributed by atoms with E-state index in [1.807, 2.05) is 6.07 Å². The second-order valence-electron chi connectivity index (χ2n) is 2.37. The van der Waals surface area contributed by atoms with Crippen LogP contribution in [-0.4, -0.2) is 6.54 Å². The van der Waals surface area contributed by atoms with E-state index in [1.165, 1.54) is 5.56 Å². The molecule has 0 saturated heterocycles. The van der Waals surface area contributed by atoms with Gasteiger partial charge in [-0.05, 0) is 6.07 Å². The van der Waals surface area contributed by atoms with Crippen molar-refractivity contribution < 1.29 is 4.42 Å². The Labute approximate surface area is 59.5 Å². The molecule has 2 rings (SSSR count). The molecule has 2 heteroatoms. The minimum absolute atomic E-state index is 0.374. The number of hydrogen-bond donors (Lipinski definition) is 1. The quantitative estimate of drug-likeness (QED) is 0.590. The summed E-state index contributed by atoms with van der Waals surface area (Å²) in [6, 6.07) is 2.35. The zero-order valence-electron chi connectivity index (χ0n) is 5.58. The van der Waals surface area contributed by atoms with Gasteiger partial charge in [0.15, 0.2) is 0 Å². The Morgan fingerprint density at radius 1 is 1.60 bits per heavy atom. The molecule has 0 amide bonds. The lowest BCUT2D eigenvalue weighted by molar-refractivity contribution is 0.559. The maximum absolute atomic E-state index is 4.95. The molecule has 1 unspecified atom stereocenters. The van der Waals surface area contributed by atoms with Gasteiger partial charge in [-0.25, -0.2) is 0 Å². The van der Waals surface area contributed by atoms with E-state index >= 15 is 0 Å². The summed E-state index contributed by atoms with van der Waals surface area (Å²) in [5.74, 6) is 0. The fourth-order valence-corrected chi connectivity index (χ4v) is 1.15. The van der Waals surface area contributed by atoms with Crippen LogP contribution < -0.4 is 5.32 Å². The lowest BCUT2D eigenvalue weighted by atomic mass is 10.2. The maximum atomic E-state index is 4.95. The summed E-state index contributed by atoms with van der Waals surface area (Å²) in [6.07, 6.45) is 7.74. The summed E-state index contributed by atoms with van der Waals surface area (Å²) in [5.41, 5.74) is 1.20. The molecule has 0 spiro atoms. The Balaban J connectivity index is 2.20. The van der Waals surface area contributed by atoms with Crippen molar-refractivity contribution in [3.05, 3.63) is 36.3 Å². The second-order valence-corrected chi connectivity index (χ2v) is 2.37. The van der Waals surface area contributed by atoms with E-state index < -0.39 is 0 Å².